The summed E-state index contributed by atoms with van der Waals surface area (Å²) < 4.78 is 0. The summed E-state index contributed by atoms with van der Waals surface area (Å²) in [5.74, 6) is 4.05. The maximum absolute atomic E-state index is 12.3. The number of rotatable bonds is 6. The summed E-state index contributed by atoms with van der Waals surface area (Å²) in [6, 6.07) is 0. The van der Waals surface area contributed by atoms with Gasteiger partial charge in [-0.25, -0.2) is 0 Å². The highest BCUT2D eigenvalue weighted by molar-refractivity contribution is 5.75. The summed E-state index contributed by atoms with van der Waals surface area (Å²) >= 11 is 0. The molecule has 4 aliphatic rings. The molecule has 1 amide bonds. The molecule has 4 rings (SSSR count). The molecule has 10 unspecified atom stereocenters. The van der Waals surface area contributed by atoms with Gasteiger partial charge in [-0.15, -0.1) is 0 Å². The van der Waals surface area contributed by atoms with E-state index in [9.17, 15) is 15.0 Å². The van der Waals surface area contributed by atoms with E-state index in [0.717, 1.165) is 38.6 Å². The number of nitrogens with one attached hydrogen (secondary N) is 1. The van der Waals surface area contributed by atoms with Crippen LogP contribution in [-0.4, -0.2) is 34.9 Å². The summed E-state index contributed by atoms with van der Waals surface area (Å²) in [4.78, 5) is 12.3. The Hall–Kier alpha value is -0.610. The number of carbonyl (C=O) groups excluding carboxylic acids is 1. The van der Waals surface area contributed by atoms with Crippen molar-refractivity contribution in [1.82, 2.24) is 5.32 Å². The first-order chi connectivity index (χ1) is 15.1. The number of fused-ring (bicyclic) bond motifs is 5. The van der Waals surface area contributed by atoms with E-state index in [0.29, 0.717) is 58.7 Å². The van der Waals surface area contributed by atoms with Gasteiger partial charge in [-0.2, -0.15) is 0 Å². The van der Waals surface area contributed by atoms with Crippen LogP contribution in [0.25, 0.3) is 0 Å². The highest BCUT2D eigenvalue weighted by Crippen LogP contribution is 2.68. The smallest absolute Gasteiger partial charge is 0.220 e. The van der Waals surface area contributed by atoms with E-state index in [1.807, 2.05) is 0 Å². The molecule has 4 fully saturated rings. The zero-order valence-corrected chi connectivity index (χ0v) is 21.3. The quantitative estimate of drug-likeness (QED) is 0.526. The van der Waals surface area contributed by atoms with E-state index < -0.39 is 0 Å². The first-order valence-electron chi connectivity index (χ1n) is 13.7. The van der Waals surface area contributed by atoms with E-state index in [4.69, 9.17) is 0 Å². The van der Waals surface area contributed by atoms with Crippen LogP contribution in [0.1, 0.15) is 98.8 Å². The molecule has 4 nitrogen and oxygen atoms in total. The zero-order valence-electron chi connectivity index (χ0n) is 21.3. The van der Waals surface area contributed by atoms with Crippen LogP contribution in [0.2, 0.25) is 0 Å². The average Bonchev–Trinajstić information content (AvgIpc) is 3.09. The normalized spacial score (nSPS) is 46.8. The summed E-state index contributed by atoms with van der Waals surface area (Å²) in [5.41, 5.74) is 0.593. The minimum atomic E-state index is -0.205. The van der Waals surface area contributed by atoms with Gasteiger partial charge < -0.3 is 15.5 Å². The monoisotopic (exact) mass is 447 g/mol. The van der Waals surface area contributed by atoms with Crippen LogP contribution in [0.15, 0.2) is 0 Å². The van der Waals surface area contributed by atoms with Gasteiger partial charge >= 0.3 is 0 Å². The summed E-state index contributed by atoms with van der Waals surface area (Å²) in [6.45, 7) is 12.4. The molecule has 10 atom stereocenters. The Balaban J connectivity index is 1.43. The number of aliphatic hydroxyl groups is 2. The predicted molar refractivity (Wildman–Crippen MR) is 129 cm³/mol. The summed E-state index contributed by atoms with van der Waals surface area (Å²) in [7, 11) is 0. The van der Waals surface area contributed by atoms with Crippen molar-refractivity contribution in [2.75, 3.05) is 6.54 Å². The van der Waals surface area contributed by atoms with Crippen molar-refractivity contribution in [2.24, 2.45) is 52.3 Å². The van der Waals surface area contributed by atoms with Crippen molar-refractivity contribution in [1.29, 1.82) is 0 Å². The van der Waals surface area contributed by atoms with E-state index in [1.165, 1.54) is 25.7 Å². The Bertz CT molecular complexity index is 680. The van der Waals surface area contributed by atoms with Gasteiger partial charge in [0.2, 0.25) is 5.91 Å². The number of aliphatic hydroxyl groups excluding tert-OH is 2. The van der Waals surface area contributed by atoms with Crippen molar-refractivity contribution >= 4 is 5.91 Å². The summed E-state index contributed by atoms with van der Waals surface area (Å²) in [5, 5.41) is 24.7. The fraction of sp³-hybridized carbons (Fsp3) is 0.964. The highest BCUT2D eigenvalue weighted by atomic mass is 16.3. The molecular weight excluding hydrogens is 398 g/mol. The molecule has 0 saturated heterocycles. The van der Waals surface area contributed by atoms with Crippen molar-refractivity contribution in [2.45, 2.75) is 111 Å². The van der Waals surface area contributed by atoms with E-state index in [-0.39, 0.29) is 18.1 Å². The van der Waals surface area contributed by atoms with Crippen LogP contribution in [0.4, 0.5) is 0 Å². The van der Waals surface area contributed by atoms with E-state index >= 15 is 0 Å². The molecule has 0 bridgehead atoms. The first-order valence-corrected chi connectivity index (χ1v) is 13.7. The molecule has 0 heterocycles. The largest absolute Gasteiger partial charge is 0.393 e. The van der Waals surface area contributed by atoms with Gasteiger partial charge in [0.15, 0.2) is 0 Å². The van der Waals surface area contributed by atoms with Gasteiger partial charge in [0.25, 0.3) is 0 Å². The third-order valence-corrected chi connectivity index (χ3v) is 10.9. The van der Waals surface area contributed by atoms with E-state index in [2.05, 4.69) is 39.9 Å². The third-order valence-electron chi connectivity index (χ3n) is 10.9. The van der Waals surface area contributed by atoms with Crippen LogP contribution in [-0.2, 0) is 4.79 Å². The van der Waals surface area contributed by atoms with Crippen LogP contribution in [0, 0.1) is 52.3 Å². The van der Waals surface area contributed by atoms with Crippen molar-refractivity contribution in [3.63, 3.8) is 0 Å². The number of amides is 1. The summed E-state index contributed by atoms with van der Waals surface area (Å²) in [6.07, 6.45) is 10.1. The third kappa shape index (κ3) is 4.28. The number of hydrogen-bond donors (Lipinski definition) is 3. The molecule has 32 heavy (non-hydrogen) atoms. The second kappa shape index (κ2) is 9.21. The fourth-order valence-corrected chi connectivity index (χ4v) is 9.14. The first kappa shape index (κ1) is 24.5. The van der Waals surface area contributed by atoms with Crippen LogP contribution in [0.5, 0.6) is 0 Å². The van der Waals surface area contributed by atoms with Crippen molar-refractivity contribution < 1.29 is 15.0 Å². The molecule has 4 aliphatic carbocycles. The van der Waals surface area contributed by atoms with Crippen LogP contribution in [0.3, 0.4) is 0 Å². The molecule has 4 saturated carbocycles. The zero-order chi connectivity index (χ0) is 23.3. The number of hydrogen-bond acceptors (Lipinski definition) is 3. The molecule has 0 aromatic rings. The van der Waals surface area contributed by atoms with Crippen molar-refractivity contribution in [3.8, 4) is 0 Å². The standard InChI is InChI=1S/C28H49NO3/c1-17(2)16-29-25(32)9-6-18(3)21-7-8-22-26-23(11-13-28(21,22)5)27(4)12-10-20(30)14-19(27)15-24(26)31/h17-24,26,30-31H,6-16H2,1-5H3,(H,29,32). The average molecular weight is 448 g/mol. The maximum Gasteiger partial charge on any atom is 0.220 e. The molecule has 0 aliphatic heterocycles. The van der Waals surface area contributed by atoms with Gasteiger partial charge in [0, 0.05) is 13.0 Å². The molecule has 3 N–H and O–H groups in total. The van der Waals surface area contributed by atoms with Gasteiger partial charge in [-0.1, -0.05) is 34.6 Å². The topological polar surface area (TPSA) is 69.6 Å². The maximum atomic E-state index is 12.3. The Morgan fingerprint density at radius 2 is 1.66 bits per heavy atom. The lowest BCUT2D eigenvalue weighted by Gasteiger charge is -2.62. The molecule has 0 aromatic heterocycles. The second-order valence-corrected chi connectivity index (χ2v) is 13.2. The van der Waals surface area contributed by atoms with Gasteiger partial charge in [-0.05, 0) is 110 Å². The van der Waals surface area contributed by atoms with Crippen molar-refractivity contribution in [3.05, 3.63) is 0 Å². The molecule has 0 spiro atoms. The Labute approximate surface area is 196 Å². The molecular formula is C28H49NO3. The number of carbonyl (C=O) groups is 1. The van der Waals surface area contributed by atoms with Gasteiger partial charge in [-0.3, -0.25) is 4.79 Å². The van der Waals surface area contributed by atoms with Gasteiger partial charge in [0.1, 0.15) is 0 Å². The van der Waals surface area contributed by atoms with E-state index in [1.54, 1.807) is 0 Å². The Morgan fingerprint density at radius 1 is 0.969 bits per heavy atom. The molecule has 0 radical (unpaired) electrons. The molecule has 0 aromatic carbocycles. The Kier molecular flexibility index (Phi) is 7.05. The highest BCUT2D eigenvalue weighted by Gasteiger charge is 2.62. The molecule has 184 valence electrons. The Morgan fingerprint density at radius 3 is 2.38 bits per heavy atom. The fourth-order valence-electron chi connectivity index (χ4n) is 9.14. The minimum Gasteiger partial charge on any atom is -0.393 e. The lowest BCUT2D eigenvalue weighted by atomic mass is 9.43. The predicted octanol–water partition coefficient (Wildman–Crippen LogP) is 5.17. The SMILES string of the molecule is CC(C)CNC(=O)CCC(C)C1CCC2C3C(O)CC4CC(O)CCC4(C)C3CCC12C. The lowest BCUT2D eigenvalue weighted by Crippen LogP contribution is -2.58. The van der Waals surface area contributed by atoms with Crippen LogP contribution >= 0.6 is 0 Å². The van der Waals surface area contributed by atoms with Crippen LogP contribution < -0.4 is 5.32 Å². The second-order valence-electron chi connectivity index (χ2n) is 13.2. The van der Waals surface area contributed by atoms with Gasteiger partial charge in [0.05, 0.1) is 12.2 Å². The lowest BCUT2D eigenvalue weighted by molar-refractivity contribution is -0.174. The molecule has 4 heteroatoms. The minimum absolute atomic E-state index is 0.167.